The van der Waals surface area contributed by atoms with Gasteiger partial charge in [-0.3, -0.25) is 4.98 Å². The first-order chi connectivity index (χ1) is 5.43. The summed E-state index contributed by atoms with van der Waals surface area (Å²) in [4.78, 5) is 3.91. The van der Waals surface area contributed by atoms with E-state index >= 15 is 0 Å². The van der Waals surface area contributed by atoms with E-state index < -0.39 is 0 Å². The molecule has 0 bridgehead atoms. The fourth-order valence-electron chi connectivity index (χ4n) is 0.729. The molecule has 1 heterocycles. The Balaban J connectivity index is 2.39. The van der Waals surface area contributed by atoms with Crippen LogP contribution in [0.15, 0.2) is 29.6 Å². The Kier molecular flexibility index (Phi) is 3.12. The SMILES string of the molecule is C/C=N/NCc1ccncc1. The van der Waals surface area contributed by atoms with Gasteiger partial charge < -0.3 is 5.43 Å². The maximum Gasteiger partial charge on any atom is 0.0581 e. The van der Waals surface area contributed by atoms with Crippen molar-refractivity contribution < 1.29 is 0 Å². The molecule has 0 atom stereocenters. The van der Waals surface area contributed by atoms with Gasteiger partial charge in [0.05, 0.1) is 6.54 Å². The monoisotopic (exact) mass is 149 g/mol. The van der Waals surface area contributed by atoms with Crippen molar-refractivity contribution in [3.8, 4) is 0 Å². The smallest absolute Gasteiger partial charge is 0.0581 e. The first-order valence-corrected chi connectivity index (χ1v) is 3.53. The standard InChI is InChI=1S/C8H11N3/c1-2-10-11-7-8-3-5-9-6-4-8/h2-6,11H,7H2,1H3/b10-2+. The number of nitrogens with one attached hydrogen (secondary N) is 1. The summed E-state index contributed by atoms with van der Waals surface area (Å²) in [5, 5.41) is 3.87. The van der Waals surface area contributed by atoms with Crippen LogP contribution in [0.5, 0.6) is 0 Å². The van der Waals surface area contributed by atoms with Crippen molar-refractivity contribution in [2.24, 2.45) is 5.10 Å². The van der Waals surface area contributed by atoms with E-state index in [4.69, 9.17) is 0 Å². The molecule has 0 saturated carbocycles. The van der Waals surface area contributed by atoms with Gasteiger partial charge in [0.25, 0.3) is 0 Å². The Morgan fingerprint density at radius 1 is 1.55 bits per heavy atom. The maximum absolute atomic E-state index is 3.91. The highest BCUT2D eigenvalue weighted by molar-refractivity contribution is 5.52. The van der Waals surface area contributed by atoms with Crippen LogP contribution in [0.25, 0.3) is 0 Å². The van der Waals surface area contributed by atoms with E-state index in [0.717, 1.165) is 6.54 Å². The molecule has 0 saturated heterocycles. The van der Waals surface area contributed by atoms with E-state index in [1.54, 1.807) is 18.6 Å². The first kappa shape index (κ1) is 7.72. The summed E-state index contributed by atoms with van der Waals surface area (Å²) in [6.45, 7) is 2.63. The average Bonchev–Trinajstić information content (AvgIpc) is 2.07. The van der Waals surface area contributed by atoms with Gasteiger partial charge in [0.1, 0.15) is 0 Å². The molecule has 0 fully saturated rings. The van der Waals surface area contributed by atoms with Gasteiger partial charge in [-0.1, -0.05) is 0 Å². The molecule has 0 aromatic carbocycles. The van der Waals surface area contributed by atoms with Crippen LogP contribution in [-0.2, 0) is 6.54 Å². The van der Waals surface area contributed by atoms with Crippen molar-refractivity contribution in [3.63, 3.8) is 0 Å². The Morgan fingerprint density at radius 2 is 2.27 bits per heavy atom. The molecular formula is C8H11N3. The molecule has 0 aliphatic carbocycles. The largest absolute Gasteiger partial charge is 0.306 e. The van der Waals surface area contributed by atoms with Crippen LogP contribution in [0, 0.1) is 0 Å². The second kappa shape index (κ2) is 4.44. The van der Waals surface area contributed by atoms with Gasteiger partial charge in [-0.15, -0.1) is 0 Å². The first-order valence-electron chi connectivity index (χ1n) is 3.53. The third-order valence-electron chi connectivity index (χ3n) is 1.25. The molecule has 1 aromatic heterocycles. The number of nitrogens with zero attached hydrogens (tertiary/aromatic N) is 2. The van der Waals surface area contributed by atoms with Crippen molar-refractivity contribution in [3.05, 3.63) is 30.1 Å². The van der Waals surface area contributed by atoms with E-state index in [-0.39, 0.29) is 0 Å². The van der Waals surface area contributed by atoms with E-state index in [0.29, 0.717) is 0 Å². The van der Waals surface area contributed by atoms with Crippen molar-refractivity contribution >= 4 is 6.21 Å². The van der Waals surface area contributed by atoms with Crippen molar-refractivity contribution in [1.82, 2.24) is 10.4 Å². The predicted octanol–water partition coefficient (Wildman–Crippen LogP) is 1.18. The zero-order valence-corrected chi connectivity index (χ0v) is 6.49. The Morgan fingerprint density at radius 3 is 2.91 bits per heavy atom. The highest BCUT2D eigenvalue weighted by Gasteiger charge is 1.86. The van der Waals surface area contributed by atoms with Crippen LogP contribution in [0.1, 0.15) is 12.5 Å². The van der Waals surface area contributed by atoms with Crippen molar-refractivity contribution in [2.45, 2.75) is 13.5 Å². The molecule has 58 valence electrons. The summed E-state index contributed by atoms with van der Waals surface area (Å²) in [6, 6.07) is 3.91. The molecule has 0 unspecified atom stereocenters. The lowest BCUT2D eigenvalue weighted by molar-refractivity contribution is 0.746. The quantitative estimate of drug-likeness (QED) is 0.517. The molecule has 0 spiro atoms. The zero-order chi connectivity index (χ0) is 7.94. The lowest BCUT2D eigenvalue weighted by Crippen LogP contribution is -2.04. The number of hydrazone groups is 1. The van der Waals surface area contributed by atoms with Crippen molar-refractivity contribution in [1.29, 1.82) is 0 Å². The summed E-state index contributed by atoms with van der Waals surface area (Å²) in [5.41, 5.74) is 4.08. The second-order valence-electron chi connectivity index (χ2n) is 2.08. The van der Waals surface area contributed by atoms with Crippen LogP contribution in [0.3, 0.4) is 0 Å². The maximum atomic E-state index is 3.91. The van der Waals surface area contributed by atoms with Crippen molar-refractivity contribution in [2.75, 3.05) is 0 Å². The lowest BCUT2D eigenvalue weighted by atomic mass is 10.3. The molecular weight excluding hydrogens is 138 g/mol. The van der Waals surface area contributed by atoms with E-state index in [9.17, 15) is 0 Å². The van der Waals surface area contributed by atoms with E-state index in [1.165, 1.54) is 5.56 Å². The number of hydrogen-bond acceptors (Lipinski definition) is 3. The minimum absolute atomic E-state index is 0.757. The van der Waals surface area contributed by atoms with Gasteiger partial charge >= 0.3 is 0 Å². The zero-order valence-electron chi connectivity index (χ0n) is 6.49. The normalized spacial score (nSPS) is 10.3. The lowest BCUT2D eigenvalue weighted by Gasteiger charge is -1.97. The van der Waals surface area contributed by atoms with Gasteiger partial charge in [0.2, 0.25) is 0 Å². The van der Waals surface area contributed by atoms with Gasteiger partial charge in [0.15, 0.2) is 0 Å². The summed E-state index contributed by atoms with van der Waals surface area (Å²) in [6.07, 6.45) is 5.26. The fourth-order valence-corrected chi connectivity index (χ4v) is 0.729. The molecule has 0 amide bonds. The molecule has 1 aromatic rings. The van der Waals surface area contributed by atoms with Crippen LogP contribution in [-0.4, -0.2) is 11.2 Å². The Labute approximate surface area is 66.2 Å². The molecule has 11 heavy (non-hydrogen) atoms. The number of hydrogen-bond donors (Lipinski definition) is 1. The molecule has 0 radical (unpaired) electrons. The summed E-state index contributed by atoms with van der Waals surface area (Å²) < 4.78 is 0. The van der Waals surface area contributed by atoms with Gasteiger partial charge in [-0.2, -0.15) is 5.10 Å². The third-order valence-corrected chi connectivity index (χ3v) is 1.25. The molecule has 1 N–H and O–H groups in total. The summed E-state index contributed by atoms with van der Waals surface area (Å²) in [5.74, 6) is 0. The van der Waals surface area contributed by atoms with Gasteiger partial charge in [-0.25, -0.2) is 0 Å². The summed E-state index contributed by atoms with van der Waals surface area (Å²) >= 11 is 0. The topological polar surface area (TPSA) is 37.3 Å². The second-order valence-corrected chi connectivity index (χ2v) is 2.08. The molecule has 0 aliphatic heterocycles. The number of pyridine rings is 1. The van der Waals surface area contributed by atoms with Crippen LogP contribution in [0.2, 0.25) is 0 Å². The molecule has 0 aliphatic rings. The minimum Gasteiger partial charge on any atom is -0.306 e. The number of aromatic nitrogens is 1. The molecule has 1 rings (SSSR count). The van der Waals surface area contributed by atoms with E-state index in [1.807, 2.05) is 19.1 Å². The fraction of sp³-hybridized carbons (Fsp3) is 0.250. The Bertz CT molecular complexity index is 218. The highest BCUT2D eigenvalue weighted by Crippen LogP contribution is 1.93. The Hall–Kier alpha value is -1.38. The summed E-state index contributed by atoms with van der Waals surface area (Å²) in [7, 11) is 0. The highest BCUT2D eigenvalue weighted by atomic mass is 15.3. The third kappa shape index (κ3) is 2.80. The number of rotatable bonds is 3. The van der Waals surface area contributed by atoms with Gasteiger partial charge in [0, 0.05) is 18.6 Å². The minimum atomic E-state index is 0.757. The van der Waals surface area contributed by atoms with Gasteiger partial charge in [-0.05, 0) is 24.6 Å². The van der Waals surface area contributed by atoms with Crippen LogP contribution in [0.4, 0.5) is 0 Å². The van der Waals surface area contributed by atoms with E-state index in [2.05, 4.69) is 15.5 Å². The van der Waals surface area contributed by atoms with Crippen LogP contribution >= 0.6 is 0 Å². The van der Waals surface area contributed by atoms with Crippen LogP contribution < -0.4 is 5.43 Å². The average molecular weight is 149 g/mol. The molecule has 3 heteroatoms. The predicted molar refractivity (Wildman–Crippen MR) is 45.2 cm³/mol. The molecule has 3 nitrogen and oxygen atoms in total.